The van der Waals surface area contributed by atoms with E-state index in [9.17, 15) is 4.79 Å². The van der Waals surface area contributed by atoms with Gasteiger partial charge in [-0.2, -0.15) is 0 Å². The van der Waals surface area contributed by atoms with Crippen molar-refractivity contribution in [2.45, 2.75) is 26.2 Å². The lowest BCUT2D eigenvalue weighted by molar-refractivity contribution is 0.0966. The number of benzene rings is 1. The summed E-state index contributed by atoms with van der Waals surface area (Å²) in [5.74, 6) is 0.968. The Morgan fingerprint density at radius 3 is 2.41 bits per heavy atom. The molecule has 0 saturated heterocycles. The molecule has 88 valence electrons. The van der Waals surface area contributed by atoms with Gasteiger partial charge in [-0.05, 0) is 29.2 Å². The molecule has 0 amide bonds. The van der Waals surface area contributed by atoms with Crippen LogP contribution in [-0.2, 0) is 6.42 Å². The van der Waals surface area contributed by atoms with Crippen molar-refractivity contribution >= 4 is 5.78 Å². The number of hydrogen-bond donors (Lipinski definition) is 0. The molecule has 0 atom stereocenters. The van der Waals surface area contributed by atoms with Gasteiger partial charge in [-0.25, -0.2) is 0 Å². The highest BCUT2D eigenvalue weighted by atomic mass is 16.3. The second-order valence-electron chi connectivity index (χ2n) is 4.47. The second-order valence-corrected chi connectivity index (χ2v) is 4.47. The van der Waals surface area contributed by atoms with E-state index in [0.29, 0.717) is 18.1 Å². The van der Waals surface area contributed by atoms with Crippen LogP contribution in [0.4, 0.5) is 0 Å². The zero-order valence-electron chi connectivity index (χ0n) is 10.1. The smallest absolute Gasteiger partial charge is 0.202 e. The maximum atomic E-state index is 11.8. The fourth-order valence-corrected chi connectivity index (χ4v) is 1.73. The van der Waals surface area contributed by atoms with E-state index in [1.807, 2.05) is 12.1 Å². The molecule has 0 radical (unpaired) electrons. The van der Waals surface area contributed by atoms with Crippen LogP contribution in [0.2, 0.25) is 0 Å². The molecule has 1 heterocycles. The van der Waals surface area contributed by atoms with Crippen LogP contribution in [0.25, 0.3) is 0 Å². The van der Waals surface area contributed by atoms with E-state index >= 15 is 0 Å². The van der Waals surface area contributed by atoms with Crippen LogP contribution in [0.5, 0.6) is 0 Å². The molecule has 0 saturated carbocycles. The molecule has 1 aromatic heterocycles. The summed E-state index contributed by atoms with van der Waals surface area (Å²) in [6, 6.07) is 11.6. The normalized spacial score (nSPS) is 10.8. The van der Waals surface area contributed by atoms with Crippen LogP contribution in [0, 0.1) is 0 Å². The summed E-state index contributed by atoms with van der Waals surface area (Å²) in [5.41, 5.74) is 2.31. The van der Waals surface area contributed by atoms with Gasteiger partial charge in [0.2, 0.25) is 5.78 Å². The SMILES string of the molecule is CC(C)c1ccc(CC(=O)c2ccco2)cc1. The molecule has 0 aliphatic heterocycles. The lowest BCUT2D eigenvalue weighted by atomic mass is 10.00. The molecular weight excluding hydrogens is 212 g/mol. The summed E-state index contributed by atoms with van der Waals surface area (Å²) in [6.07, 6.45) is 1.92. The summed E-state index contributed by atoms with van der Waals surface area (Å²) >= 11 is 0. The van der Waals surface area contributed by atoms with E-state index < -0.39 is 0 Å². The van der Waals surface area contributed by atoms with E-state index in [1.54, 1.807) is 12.1 Å². The molecular formula is C15H16O2. The summed E-state index contributed by atoms with van der Waals surface area (Å²) in [4.78, 5) is 11.8. The topological polar surface area (TPSA) is 30.2 Å². The number of rotatable bonds is 4. The largest absolute Gasteiger partial charge is 0.461 e. The van der Waals surface area contributed by atoms with E-state index in [-0.39, 0.29) is 5.78 Å². The monoisotopic (exact) mass is 228 g/mol. The molecule has 2 nitrogen and oxygen atoms in total. The molecule has 0 bridgehead atoms. The van der Waals surface area contributed by atoms with E-state index in [4.69, 9.17) is 4.42 Å². The van der Waals surface area contributed by atoms with Gasteiger partial charge < -0.3 is 4.42 Å². The number of Topliss-reactive ketones (excluding diaryl/α,β-unsaturated/α-hetero) is 1. The van der Waals surface area contributed by atoms with Crippen molar-refractivity contribution in [3.05, 3.63) is 59.5 Å². The zero-order valence-corrected chi connectivity index (χ0v) is 10.1. The molecule has 0 aliphatic rings. The van der Waals surface area contributed by atoms with Crippen molar-refractivity contribution in [1.29, 1.82) is 0 Å². The predicted octanol–water partition coefficient (Wildman–Crippen LogP) is 3.83. The van der Waals surface area contributed by atoms with Crippen LogP contribution in [-0.4, -0.2) is 5.78 Å². The summed E-state index contributed by atoms with van der Waals surface area (Å²) in [6.45, 7) is 4.31. The Kier molecular flexibility index (Phi) is 3.43. The quantitative estimate of drug-likeness (QED) is 0.744. The number of hydrogen-bond acceptors (Lipinski definition) is 2. The van der Waals surface area contributed by atoms with Gasteiger partial charge in [0.1, 0.15) is 0 Å². The van der Waals surface area contributed by atoms with Crippen LogP contribution in [0.1, 0.15) is 41.4 Å². The highest BCUT2D eigenvalue weighted by Gasteiger charge is 2.09. The minimum Gasteiger partial charge on any atom is -0.461 e. The first-order valence-electron chi connectivity index (χ1n) is 5.82. The van der Waals surface area contributed by atoms with Gasteiger partial charge in [-0.1, -0.05) is 38.1 Å². The molecule has 0 aliphatic carbocycles. The van der Waals surface area contributed by atoms with E-state index in [2.05, 4.69) is 26.0 Å². The molecule has 1 aromatic carbocycles. The average molecular weight is 228 g/mol. The zero-order chi connectivity index (χ0) is 12.3. The van der Waals surface area contributed by atoms with Crippen molar-refractivity contribution in [3.8, 4) is 0 Å². The van der Waals surface area contributed by atoms with Crippen molar-refractivity contribution in [2.75, 3.05) is 0 Å². The Labute approximate surface area is 101 Å². The Balaban J connectivity index is 2.07. The molecule has 0 fully saturated rings. The van der Waals surface area contributed by atoms with Crippen LogP contribution in [0.3, 0.4) is 0 Å². The highest BCUT2D eigenvalue weighted by Crippen LogP contribution is 2.16. The van der Waals surface area contributed by atoms with Crippen LogP contribution in [0.15, 0.2) is 47.1 Å². The van der Waals surface area contributed by atoms with Gasteiger partial charge in [0, 0.05) is 6.42 Å². The van der Waals surface area contributed by atoms with Crippen molar-refractivity contribution in [1.82, 2.24) is 0 Å². The maximum Gasteiger partial charge on any atom is 0.202 e. The molecule has 0 spiro atoms. The minimum atomic E-state index is 0.0206. The van der Waals surface area contributed by atoms with E-state index in [0.717, 1.165) is 5.56 Å². The Hall–Kier alpha value is -1.83. The van der Waals surface area contributed by atoms with Gasteiger partial charge in [-0.15, -0.1) is 0 Å². The molecule has 2 aromatic rings. The van der Waals surface area contributed by atoms with Crippen molar-refractivity contribution < 1.29 is 9.21 Å². The predicted molar refractivity (Wildman–Crippen MR) is 67.3 cm³/mol. The third-order valence-corrected chi connectivity index (χ3v) is 2.81. The van der Waals surface area contributed by atoms with Gasteiger partial charge in [-0.3, -0.25) is 4.79 Å². The lowest BCUT2D eigenvalue weighted by Crippen LogP contribution is -2.02. The molecule has 2 heteroatoms. The Morgan fingerprint density at radius 1 is 1.18 bits per heavy atom. The summed E-state index contributed by atoms with van der Waals surface area (Å²) in [7, 11) is 0. The Bertz CT molecular complexity index is 478. The fraction of sp³-hybridized carbons (Fsp3) is 0.267. The van der Waals surface area contributed by atoms with Gasteiger partial charge >= 0.3 is 0 Å². The first-order valence-corrected chi connectivity index (χ1v) is 5.82. The second kappa shape index (κ2) is 5.00. The fourth-order valence-electron chi connectivity index (χ4n) is 1.73. The van der Waals surface area contributed by atoms with Crippen molar-refractivity contribution in [3.63, 3.8) is 0 Å². The number of carbonyl (C=O) groups excluding carboxylic acids is 1. The molecule has 17 heavy (non-hydrogen) atoms. The van der Waals surface area contributed by atoms with E-state index in [1.165, 1.54) is 11.8 Å². The van der Waals surface area contributed by atoms with Crippen molar-refractivity contribution in [2.24, 2.45) is 0 Å². The third-order valence-electron chi connectivity index (χ3n) is 2.81. The molecule has 2 rings (SSSR count). The highest BCUT2D eigenvalue weighted by molar-refractivity contribution is 5.94. The molecule has 0 N–H and O–H groups in total. The maximum absolute atomic E-state index is 11.8. The first-order chi connectivity index (χ1) is 8.16. The molecule has 0 unspecified atom stereocenters. The number of ketones is 1. The lowest BCUT2D eigenvalue weighted by Gasteiger charge is -2.06. The first kappa shape index (κ1) is 11.6. The number of furan rings is 1. The van der Waals surface area contributed by atoms with Gasteiger partial charge in [0.05, 0.1) is 6.26 Å². The Morgan fingerprint density at radius 2 is 1.88 bits per heavy atom. The average Bonchev–Trinajstić information content (AvgIpc) is 2.83. The summed E-state index contributed by atoms with van der Waals surface area (Å²) < 4.78 is 5.08. The minimum absolute atomic E-state index is 0.0206. The summed E-state index contributed by atoms with van der Waals surface area (Å²) in [5, 5.41) is 0. The number of carbonyl (C=O) groups is 1. The van der Waals surface area contributed by atoms with Crippen LogP contribution < -0.4 is 0 Å². The standard InChI is InChI=1S/C15H16O2/c1-11(2)13-7-5-12(6-8-13)10-14(16)15-4-3-9-17-15/h3-9,11H,10H2,1-2H3. The third kappa shape index (κ3) is 2.84. The van der Waals surface area contributed by atoms with Gasteiger partial charge in [0.15, 0.2) is 5.76 Å². The van der Waals surface area contributed by atoms with Crippen LogP contribution >= 0.6 is 0 Å². The van der Waals surface area contributed by atoms with Gasteiger partial charge in [0.25, 0.3) is 0 Å².